The third-order valence-electron chi connectivity index (χ3n) is 3.71. The maximum absolute atomic E-state index is 4.47. The predicted octanol–water partition coefficient (Wildman–Crippen LogP) is 4.95. The lowest BCUT2D eigenvalue weighted by atomic mass is 9.96. The molecule has 0 saturated heterocycles. The van der Waals surface area contributed by atoms with Crippen LogP contribution in [0.25, 0.3) is 10.9 Å². The first-order valence-electron chi connectivity index (χ1n) is 7.15. The summed E-state index contributed by atoms with van der Waals surface area (Å²) in [7, 11) is 0. The topological polar surface area (TPSA) is 12.9 Å². The number of rotatable bonds is 3. The molecule has 0 aliphatic heterocycles. The molecule has 1 aromatic heterocycles. The molecular weight excluding hydrogens is 242 g/mol. The molecule has 0 bridgehead atoms. The first-order chi connectivity index (χ1) is 9.74. The predicted molar refractivity (Wildman–Crippen MR) is 85.1 cm³/mol. The molecule has 0 atom stereocenters. The first-order valence-corrected chi connectivity index (χ1v) is 7.15. The Kier molecular flexibility index (Phi) is 3.51. The van der Waals surface area contributed by atoms with Crippen LogP contribution in [-0.4, -0.2) is 4.98 Å². The molecule has 1 nitrogen and oxygen atoms in total. The van der Waals surface area contributed by atoms with Crippen LogP contribution in [0.2, 0.25) is 0 Å². The molecule has 0 radical (unpaired) electrons. The van der Waals surface area contributed by atoms with E-state index in [1.165, 1.54) is 22.1 Å². The number of fused-ring (bicyclic) bond motifs is 1. The van der Waals surface area contributed by atoms with E-state index in [4.69, 9.17) is 0 Å². The summed E-state index contributed by atoms with van der Waals surface area (Å²) >= 11 is 0. The summed E-state index contributed by atoms with van der Waals surface area (Å²) in [5.74, 6) is 0.521. The van der Waals surface area contributed by atoms with Crippen molar-refractivity contribution in [1.29, 1.82) is 0 Å². The van der Waals surface area contributed by atoms with E-state index in [-0.39, 0.29) is 0 Å². The zero-order chi connectivity index (χ0) is 13.9. The van der Waals surface area contributed by atoms with Gasteiger partial charge >= 0.3 is 0 Å². The molecular formula is C19H19N. The Bertz CT molecular complexity index is 714. The highest BCUT2D eigenvalue weighted by atomic mass is 14.6. The van der Waals surface area contributed by atoms with E-state index >= 15 is 0 Å². The fourth-order valence-corrected chi connectivity index (χ4v) is 2.66. The van der Waals surface area contributed by atoms with Gasteiger partial charge in [-0.25, -0.2) is 0 Å². The number of benzene rings is 2. The van der Waals surface area contributed by atoms with E-state index < -0.39 is 0 Å². The maximum atomic E-state index is 4.47. The number of pyridine rings is 1. The standard InChI is InChI=1S/C19H19N/c1-14(2)17-10-11-20-19-9-8-16(13-18(17)19)12-15-6-4-3-5-7-15/h3-11,13-14H,12H2,1-2H3. The molecule has 1 heteroatoms. The fraction of sp³-hybridized carbons (Fsp3) is 0.211. The molecule has 1 heterocycles. The second kappa shape index (κ2) is 5.46. The lowest BCUT2D eigenvalue weighted by Gasteiger charge is -2.11. The molecule has 0 unspecified atom stereocenters. The molecule has 3 aromatic rings. The summed E-state index contributed by atoms with van der Waals surface area (Å²) in [5, 5.41) is 1.29. The lowest BCUT2D eigenvalue weighted by molar-refractivity contribution is 0.874. The Labute approximate surface area is 120 Å². The van der Waals surface area contributed by atoms with E-state index in [1.54, 1.807) is 0 Å². The highest BCUT2D eigenvalue weighted by Gasteiger charge is 2.06. The van der Waals surface area contributed by atoms with E-state index in [2.05, 4.69) is 73.4 Å². The molecule has 0 saturated carbocycles. The average molecular weight is 261 g/mol. The largest absolute Gasteiger partial charge is 0.256 e. The van der Waals surface area contributed by atoms with Crippen molar-refractivity contribution in [1.82, 2.24) is 4.98 Å². The summed E-state index contributed by atoms with van der Waals surface area (Å²) in [6, 6.07) is 19.4. The number of aromatic nitrogens is 1. The highest BCUT2D eigenvalue weighted by molar-refractivity contribution is 5.83. The van der Waals surface area contributed by atoms with E-state index in [0.717, 1.165) is 11.9 Å². The molecule has 0 spiro atoms. The van der Waals surface area contributed by atoms with Crippen molar-refractivity contribution in [2.45, 2.75) is 26.2 Å². The summed E-state index contributed by atoms with van der Waals surface area (Å²) in [4.78, 5) is 4.47. The van der Waals surface area contributed by atoms with Gasteiger partial charge in [-0.15, -0.1) is 0 Å². The number of hydrogen-bond acceptors (Lipinski definition) is 1. The van der Waals surface area contributed by atoms with Crippen molar-refractivity contribution in [3.05, 3.63) is 77.5 Å². The highest BCUT2D eigenvalue weighted by Crippen LogP contribution is 2.25. The van der Waals surface area contributed by atoms with Crippen LogP contribution < -0.4 is 0 Å². The van der Waals surface area contributed by atoms with Crippen LogP contribution >= 0.6 is 0 Å². The zero-order valence-corrected chi connectivity index (χ0v) is 12.0. The van der Waals surface area contributed by atoms with Crippen molar-refractivity contribution in [3.8, 4) is 0 Å². The average Bonchev–Trinajstić information content (AvgIpc) is 2.47. The third kappa shape index (κ3) is 2.57. The Morgan fingerprint density at radius 3 is 2.45 bits per heavy atom. The second-order valence-electron chi connectivity index (χ2n) is 5.57. The van der Waals surface area contributed by atoms with Crippen molar-refractivity contribution in [3.63, 3.8) is 0 Å². The Morgan fingerprint density at radius 2 is 1.70 bits per heavy atom. The summed E-state index contributed by atoms with van der Waals surface area (Å²) in [6.07, 6.45) is 2.89. The van der Waals surface area contributed by atoms with Gasteiger partial charge in [-0.05, 0) is 47.2 Å². The quantitative estimate of drug-likeness (QED) is 0.650. The molecule has 0 amide bonds. The third-order valence-corrected chi connectivity index (χ3v) is 3.71. The van der Waals surface area contributed by atoms with Crippen LogP contribution in [-0.2, 0) is 6.42 Å². The van der Waals surface area contributed by atoms with Gasteiger partial charge in [0.1, 0.15) is 0 Å². The van der Waals surface area contributed by atoms with Gasteiger partial charge in [0.2, 0.25) is 0 Å². The van der Waals surface area contributed by atoms with Crippen molar-refractivity contribution < 1.29 is 0 Å². The van der Waals surface area contributed by atoms with E-state index in [9.17, 15) is 0 Å². The molecule has 3 rings (SSSR count). The normalized spacial score (nSPS) is 11.2. The molecule has 0 aliphatic rings. The van der Waals surface area contributed by atoms with Gasteiger partial charge < -0.3 is 0 Å². The van der Waals surface area contributed by atoms with Gasteiger partial charge in [-0.3, -0.25) is 4.98 Å². The van der Waals surface area contributed by atoms with Crippen LogP contribution in [0.15, 0.2) is 60.8 Å². The molecule has 0 N–H and O–H groups in total. The minimum atomic E-state index is 0.521. The Hall–Kier alpha value is -2.15. The van der Waals surface area contributed by atoms with Crippen LogP contribution in [0.3, 0.4) is 0 Å². The van der Waals surface area contributed by atoms with Crippen LogP contribution in [0.1, 0.15) is 36.5 Å². The Morgan fingerprint density at radius 1 is 0.900 bits per heavy atom. The van der Waals surface area contributed by atoms with Gasteiger partial charge in [-0.1, -0.05) is 50.2 Å². The van der Waals surface area contributed by atoms with Crippen molar-refractivity contribution in [2.75, 3.05) is 0 Å². The SMILES string of the molecule is CC(C)c1ccnc2ccc(Cc3ccccc3)cc12. The van der Waals surface area contributed by atoms with Gasteiger partial charge in [-0.2, -0.15) is 0 Å². The minimum Gasteiger partial charge on any atom is -0.256 e. The summed E-state index contributed by atoms with van der Waals surface area (Å²) < 4.78 is 0. The fourth-order valence-electron chi connectivity index (χ4n) is 2.66. The minimum absolute atomic E-state index is 0.521. The van der Waals surface area contributed by atoms with Crippen LogP contribution in [0, 0.1) is 0 Å². The molecule has 0 aliphatic carbocycles. The maximum Gasteiger partial charge on any atom is 0.0705 e. The van der Waals surface area contributed by atoms with E-state index in [0.29, 0.717) is 5.92 Å². The molecule has 100 valence electrons. The number of hydrogen-bond donors (Lipinski definition) is 0. The van der Waals surface area contributed by atoms with E-state index in [1.807, 2.05) is 6.20 Å². The van der Waals surface area contributed by atoms with Gasteiger partial charge in [0.25, 0.3) is 0 Å². The van der Waals surface area contributed by atoms with Gasteiger partial charge in [0.05, 0.1) is 5.52 Å². The molecule has 2 aromatic carbocycles. The molecule has 0 fully saturated rings. The van der Waals surface area contributed by atoms with Crippen LogP contribution in [0.4, 0.5) is 0 Å². The second-order valence-corrected chi connectivity index (χ2v) is 5.57. The van der Waals surface area contributed by atoms with Crippen LogP contribution in [0.5, 0.6) is 0 Å². The Balaban J connectivity index is 2.03. The van der Waals surface area contributed by atoms with Crippen molar-refractivity contribution >= 4 is 10.9 Å². The zero-order valence-electron chi connectivity index (χ0n) is 12.0. The molecule has 20 heavy (non-hydrogen) atoms. The number of nitrogens with zero attached hydrogens (tertiary/aromatic N) is 1. The lowest BCUT2D eigenvalue weighted by Crippen LogP contribution is -1.94. The van der Waals surface area contributed by atoms with Gasteiger partial charge in [0.15, 0.2) is 0 Å². The first kappa shape index (κ1) is 12.9. The van der Waals surface area contributed by atoms with Gasteiger partial charge in [0, 0.05) is 11.6 Å². The van der Waals surface area contributed by atoms with Crippen molar-refractivity contribution in [2.24, 2.45) is 0 Å². The summed E-state index contributed by atoms with van der Waals surface area (Å²) in [6.45, 7) is 4.47. The smallest absolute Gasteiger partial charge is 0.0705 e. The summed E-state index contributed by atoms with van der Waals surface area (Å²) in [5.41, 5.74) is 5.17. The monoisotopic (exact) mass is 261 g/mol.